The first kappa shape index (κ1) is 20.8. The van der Waals surface area contributed by atoms with Gasteiger partial charge in [-0.3, -0.25) is 9.59 Å². The lowest BCUT2D eigenvalue weighted by molar-refractivity contribution is -0.128. The zero-order valence-electron chi connectivity index (χ0n) is 18.1. The van der Waals surface area contributed by atoms with Gasteiger partial charge in [-0.25, -0.2) is 0 Å². The Morgan fingerprint density at radius 2 is 1.69 bits per heavy atom. The van der Waals surface area contributed by atoms with Crippen LogP contribution in [0.3, 0.4) is 0 Å². The summed E-state index contributed by atoms with van der Waals surface area (Å²) < 4.78 is 0. The highest BCUT2D eigenvalue weighted by atomic mass is 32.2. The van der Waals surface area contributed by atoms with Crippen molar-refractivity contribution in [2.24, 2.45) is 0 Å². The molecule has 0 unspecified atom stereocenters. The molecule has 1 saturated heterocycles. The fourth-order valence-electron chi connectivity index (χ4n) is 4.67. The highest BCUT2D eigenvalue weighted by Gasteiger charge is 2.34. The number of anilines is 1. The molecule has 2 aliphatic rings. The van der Waals surface area contributed by atoms with Crippen molar-refractivity contribution in [3.63, 3.8) is 0 Å². The van der Waals surface area contributed by atoms with Gasteiger partial charge in [-0.05, 0) is 54.7 Å². The SMILES string of the molecule is C[C@@H]1Cc2ccccc2N1C(=O)c1ccc([C@@H]2SCC(=O)N2CCc2ccccc2)cc1. The van der Waals surface area contributed by atoms with Crippen LogP contribution >= 0.6 is 11.8 Å². The van der Waals surface area contributed by atoms with Crippen molar-refractivity contribution in [2.75, 3.05) is 17.2 Å². The Morgan fingerprint density at radius 1 is 0.969 bits per heavy atom. The van der Waals surface area contributed by atoms with Crippen molar-refractivity contribution >= 4 is 29.3 Å². The first-order valence-corrected chi connectivity index (χ1v) is 12.1. The van der Waals surface area contributed by atoms with Crippen LogP contribution in [-0.4, -0.2) is 35.1 Å². The molecule has 2 heterocycles. The number of amides is 2. The summed E-state index contributed by atoms with van der Waals surface area (Å²) in [6, 6.07) is 26.4. The van der Waals surface area contributed by atoms with Crippen LogP contribution in [0, 0.1) is 0 Å². The van der Waals surface area contributed by atoms with E-state index in [0.717, 1.165) is 24.1 Å². The Bertz CT molecular complexity index is 1130. The number of rotatable bonds is 5. The monoisotopic (exact) mass is 442 g/mol. The van der Waals surface area contributed by atoms with Gasteiger partial charge in [0.1, 0.15) is 5.37 Å². The molecule has 3 aromatic rings. The average molecular weight is 443 g/mol. The molecule has 0 spiro atoms. The maximum atomic E-state index is 13.3. The molecule has 5 rings (SSSR count). The van der Waals surface area contributed by atoms with Crippen molar-refractivity contribution in [1.82, 2.24) is 4.90 Å². The van der Waals surface area contributed by atoms with Gasteiger partial charge in [0.15, 0.2) is 0 Å². The number of hydrogen-bond acceptors (Lipinski definition) is 3. The molecular formula is C27H26N2O2S. The van der Waals surface area contributed by atoms with E-state index in [2.05, 4.69) is 25.1 Å². The number of benzene rings is 3. The fraction of sp³-hybridized carbons (Fsp3) is 0.259. The van der Waals surface area contributed by atoms with Crippen molar-refractivity contribution < 1.29 is 9.59 Å². The van der Waals surface area contributed by atoms with Gasteiger partial charge in [-0.15, -0.1) is 11.8 Å². The second-order valence-electron chi connectivity index (χ2n) is 8.47. The van der Waals surface area contributed by atoms with Crippen LogP contribution in [0.15, 0.2) is 78.9 Å². The minimum Gasteiger partial charge on any atom is -0.326 e. The minimum absolute atomic E-state index is 0.00167. The molecule has 1 fully saturated rings. The summed E-state index contributed by atoms with van der Waals surface area (Å²) in [6.07, 6.45) is 1.73. The Hall–Kier alpha value is -3.05. The molecule has 2 atom stereocenters. The number of hydrogen-bond donors (Lipinski definition) is 0. The molecule has 0 N–H and O–H groups in total. The molecule has 32 heavy (non-hydrogen) atoms. The second kappa shape index (κ2) is 8.83. The number of thioether (sulfide) groups is 1. The van der Waals surface area contributed by atoms with E-state index in [1.54, 1.807) is 11.8 Å². The predicted molar refractivity (Wildman–Crippen MR) is 130 cm³/mol. The van der Waals surface area contributed by atoms with Crippen LogP contribution in [0.4, 0.5) is 5.69 Å². The molecule has 2 amide bonds. The molecule has 5 heteroatoms. The van der Waals surface area contributed by atoms with Crippen LogP contribution in [-0.2, 0) is 17.6 Å². The second-order valence-corrected chi connectivity index (χ2v) is 9.53. The normalized spacial score (nSPS) is 20.0. The molecule has 2 aliphatic heterocycles. The summed E-state index contributed by atoms with van der Waals surface area (Å²) in [5.74, 6) is 0.714. The number of fused-ring (bicyclic) bond motifs is 1. The predicted octanol–water partition coefficient (Wildman–Crippen LogP) is 5.09. The first-order chi connectivity index (χ1) is 15.6. The lowest BCUT2D eigenvalue weighted by Crippen LogP contribution is -2.35. The summed E-state index contributed by atoms with van der Waals surface area (Å²) >= 11 is 1.66. The van der Waals surface area contributed by atoms with Gasteiger partial charge in [0, 0.05) is 23.8 Å². The van der Waals surface area contributed by atoms with E-state index in [1.807, 2.05) is 70.5 Å². The summed E-state index contributed by atoms with van der Waals surface area (Å²) in [5, 5.41) is 0.00167. The number of nitrogens with zero attached hydrogens (tertiary/aromatic N) is 2. The number of carbonyl (C=O) groups is 2. The Labute approximate surface area is 193 Å². The third-order valence-electron chi connectivity index (χ3n) is 6.32. The van der Waals surface area contributed by atoms with Gasteiger partial charge in [0.25, 0.3) is 5.91 Å². The van der Waals surface area contributed by atoms with E-state index in [4.69, 9.17) is 0 Å². The standard InChI is InChI=1S/C27H26N2O2S/c1-19-17-23-9-5-6-10-24(23)29(19)26(31)21-11-13-22(14-12-21)27-28(25(30)18-32-27)16-15-20-7-3-2-4-8-20/h2-14,19,27H,15-18H2,1H3/t19-,27+/m1/s1. The quantitative estimate of drug-likeness (QED) is 0.552. The van der Waals surface area contributed by atoms with Crippen molar-refractivity contribution in [3.8, 4) is 0 Å². The summed E-state index contributed by atoms with van der Waals surface area (Å²) in [5.41, 5.74) is 5.22. The average Bonchev–Trinajstić information content (AvgIpc) is 3.36. The Balaban J connectivity index is 1.32. The highest BCUT2D eigenvalue weighted by Crippen LogP contribution is 2.39. The van der Waals surface area contributed by atoms with E-state index in [0.29, 0.717) is 17.9 Å². The van der Waals surface area contributed by atoms with Gasteiger partial charge in [-0.1, -0.05) is 60.7 Å². The molecule has 3 aromatic carbocycles. The lowest BCUT2D eigenvalue weighted by atomic mass is 10.1. The Morgan fingerprint density at radius 3 is 2.47 bits per heavy atom. The zero-order valence-corrected chi connectivity index (χ0v) is 18.9. The van der Waals surface area contributed by atoms with Crippen LogP contribution in [0.25, 0.3) is 0 Å². The van der Waals surface area contributed by atoms with E-state index in [9.17, 15) is 9.59 Å². The van der Waals surface area contributed by atoms with Gasteiger partial charge in [0.2, 0.25) is 5.91 Å². The minimum atomic E-state index is 0.00167. The Kier molecular flexibility index (Phi) is 5.75. The summed E-state index contributed by atoms with van der Waals surface area (Å²) in [7, 11) is 0. The van der Waals surface area contributed by atoms with Gasteiger partial charge < -0.3 is 9.80 Å². The molecule has 0 bridgehead atoms. The van der Waals surface area contributed by atoms with Crippen LogP contribution in [0.5, 0.6) is 0 Å². The molecule has 0 aromatic heterocycles. The van der Waals surface area contributed by atoms with Gasteiger partial charge in [0.05, 0.1) is 5.75 Å². The van der Waals surface area contributed by atoms with Gasteiger partial charge in [-0.2, -0.15) is 0 Å². The maximum Gasteiger partial charge on any atom is 0.258 e. The number of carbonyl (C=O) groups excluding carboxylic acids is 2. The molecular weight excluding hydrogens is 416 g/mol. The fourth-order valence-corrected chi connectivity index (χ4v) is 5.89. The zero-order chi connectivity index (χ0) is 22.1. The van der Waals surface area contributed by atoms with Crippen LogP contribution in [0.2, 0.25) is 0 Å². The molecule has 0 radical (unpaired) electrons. The van der Waals surface area contributed by atoms with Crippen LogP contribution < -0.4 is 4.90 Å². The van der Waals surface area contributed by atoms with E-state index in [1.165, 1.54) is 11.1 Å². The third kappa shape index (κ3) is 3.93. The molecule has 4 nitrogen and oxygen atoms in total. The van der Waals surface area contributed by atoms with E-state index < -0.39 is 0 Å². The summed E-state index contributed by atoms with van der Waals surface area (Å²) in [4.78, 5) is 29.7. The van der Waals surface area contributed by atoms with E-state index in [-0.39, 0.29) is 23.2 Å². The smallest absolute Gasteiger partial charge is 0.258 e. The van der Waals surface area contributed by atoms with E-state index >= 15 is 0 Å². The van der Waals surface area contributed by atoms with Crippen molar-refractivity contribution in [3.05, 3.63) is 101 Å². The largest absolute Gasteiger partial charge is 0.326 e. The molecule has 0 saturated carbocycles. The maximum absolute atomic E-state index is 13.3. The van der Waals surface area contributed by atoms with Crippen molar-refractivity contribution in [1.29, 1.82) is 0 Å². The van der Waals surface area contributed by atoms with Gasteiger partial charge >= 0.3 is 0 Å². The molecule has 162 valence electrons. The number of para-hydroxylation sites is 1. The van der Waals surface area contributed by atoms with Crippen molar-refractivity contribution in [2.45, 2.75) is 31.2 Å². The molecule has 0 aliphatic carbocycles. The lowest BCUT2D eigenvalue weighted by Gasteiger charge is -2.25. The third-order valence-corrected chi connectivity index (χ3v) is 7.58. The summed E-state index contributed by atoms with van der Waals surface area (Å²) in [6.45, 7) is 2.79. The first-order valence-electron chi connectivity index (χ1n) is 11.1. The highest BCUT2D eigenvalue weighted by molar-refractivity contribution is 8.00. The topological polar surface area (TPSA) is 40.6 Å². The van der Waals surface area contributed by atoms with Crippen LogP contribution in [0.1, 0.15) is 39.3 Å².